The molecule has 2 aromatic carbocycles. The second-order valence-corrected chi connectivity index (χ2v) is 3.91. The topological polar surface area (TPSA) is 50.4 Å². The predicted octanol–water partition coefficient (Wildman–Crippen LogP) is 1.86. The van der Waals surface area contributed by atoms with Crippen LogP contribution in [0.15, 0.2) is 42.5 Å². The van der Waals surface area contributed by atoms with Gasteiger partial charge in [-0.25, -0.2) is 5.43 Å². The Morgan fingerprint density at radius 1 is 1.17 bits per heavy atom. The van der Waals surface area contributed by atoms with Crippen LogP contribution in [0.25, 0.3) is 10.8 Å². The normalized spacial score (nSPS) is 10.3. The standard InChI is InChI=1S/C14H16N2O2/c1-15-16-14(17)8-9-18-13-7-6-11-4-2-3-5-12(11)10-13/h2-7,10,15H,8-9H2,1H3,(H,16,17). The van der Waals surface area contributed by atoms with Crippen molar-refractivity contribution >= 4 is 16.7 Å². The van der Waals surface area contributed by atoms with E-state index in [2.05, 4.69) is 16.9 Å². The lowest BCUT2D eigenvalue weighted by molar-refractivity contribution is -0.122. The van der Waals surface area contributed by atoms with Crippen LogP contribution in [0.3, 0.4) is 0 Å². The SMILES string of the molecule is CNNC(=O)CCOc1ccc2ccccc2c1. The Morgan fingerprint density at radius 2 is 1.94 bits per heavy atom. The minimum absolute atomic E-state index is 0.0849. The number of fused-ring (bicyclic) bond motifs is 1. The smallest absolute Gasteiger partial charge is 0.237 e. The van der Waals surface area contributed by atoms with Gasteiger partial charge in [-0.15, -0.1) is 0 Å². The Hall–Kier alpha value is -2.07. The molecule has 0 aliphatic carbocycles. The van der Waals surface area contributed by atoms with E-state index in [4.69, 9.17) is 4.74 Å². The van der Waals surface area contributed by atoms with Crippen LogP contribution < -0.4 is 15.6 Å². The molecule has 0 aliphatic heterocycles. The zero-order chi connectivity index (χ0) is 12.8. The van der Waals surface area contributed by atoms with Crippen LogP contribution in [0.5, 0.6) is 5.75 Å². The first-order valence-corrected chi connectivity index (χ1v) is 5.87. The van der Waals surface area contributed by atoms with E-state index >= 15 is 0 Å². The van der Waals surface area contributed by atoms with Gasteiger partial charge in [0, 0.05) is 7.05 Å². The summed E-state index contributed by atoms with van der Waals surface area (Å²) in [4.78, 5) is 11.2. The third kappa shape index (κ3) is 3.21. The number of ether oxygens (including phenoxy) is 1. The van der Waals surface area contributed by atoms with E-state index in [1.54, 1.807) is 7.05 Å². The largest absolute Gasteiger partial charge is 0.493 e. The maximum Gasteiger partial charge on any atom is 0.237 e. The highest BCUT2D eigenvalue weighted by molar-refractivity contribution is 5.83. The molecule has 1 amide bonds. The number of benzene rings is 2. The van der Waals surface area contributed by atoms with Crippen LogP contribution >= 0.6 is 0 Å². The van der Waals surface area contributed by atoms with Crippen LogP contribution in [0.4, 0.5) is 0 Å². The lowest BCUT2D eigenvalue weighted by atomic mass is 10.1. The van der Waals surface area contributed by atoms with Gasteiger partial charge in [-0.1, -0.05) is 30.3 Å². The molecule has 0 radical (unpaired) electrons. The molecule has 2 rings (SSSR count). The zero-order valence-electron chi connectivity index (χ0n) is 10.3. The van der Waals surface area contributed by atoms with Crippen molar-refractivity contribution in [3.8, 4) is 5.75 Å². The molecule has 0 fully saturated rings. The molecule has 0 saturated carbocycles. The molecule has 2 aromatic rings. The summed E-state index contributed by atoms with van der Waals surface area (Å²) in [6.07, 6.45) is 0.327. The first-order chi connectivity index (χ1) is 8.79. The third-order valence-corrected chi connectivity index (χ3v) is 2.58. The van der Waals surface area contributed by atoms with Crippen molar-refractivity contribution in [3.63, 3.8) is 0 Å². The molecule has 0 bridgehead atoms. The number of hydrogen-bond donors (Lipinski definition) is 2. The summed E-state index contributed by atoms with van der Waals surface area (Å²) in [5.41, 5.74) is 5.08. The molecule has 2 N–H and O–H groups in total. The van der Waals surface area contributed by atoms with Crippen molar-refractivity contribution in [2.24, 2.45) is 0 Å². The highest BCUT2D eigenvalue weighted by atomic mass is 16.5. The van der Waals surface area contributed by atoms with E-state index in [9.17, 15) is 4.79 Å². The van der Waals surface area contributed by atoms with Gasteiger partial charge in [-0.05, 0) is 22.9 Å². The molecular formula is C14H16N2O2. The molecule has 0 atom stereocenters. The zero-order valence-corrected chi connectivity index (χ0v) is 10.3. The van der Waals surface area contributed by atoms with Crippen molar-refractivity contribution in [3.05, 3.63) is 42.5 Å². The fraction of sp³-hybridized carbons (Fsp3) is 0.214. The quantitative estimate of drug-likeness (QED) is 0.789. The van der Waals surface area contributed by atoms with Crippen molar-refractivity contribution in [2.75, 3.05) is 13.7 Å². The van der Waals surface area contributed by atoms with E-state index in [0.29, 0.717) is 13.0 Å². The Bertz CT molecular complexity index is 540. The monoisotopic (exact) mass is 244 g/mol. The fourth-order valence-corrected chi connectivity index (χ4v) is 1.72. The van der Waals surface area contributed by atoms with E-state index in [1.807, 2.05) is 36.4 Å². The Morgan fingerprint density at radius 3 is 2.72 bits per heavy atom. The molecular weight excluding hydrogens is 228 g/mol. The number of rotatable bonds is 5. The van der Waals surface area contributed by atoms with Gasteiger partial charge < -0.3 is 4.74 Å². The van der Waals surface area contributed by atoms with Crippen molar-refractivity contribution < 1.29 is 9.53 Å². The minimum Gasteiger partial charge on any atom is -0.493 e. The van der Waals surface area contributed by atoms with Crippen molar-refractivity contribution in [2.45, 2.75) is 6.42 Å². The van der Waals surface area contributed by atoms with Gasteiger partial charge in [0.15, 0.2) is 0 Å². The molecule has 94 valence electrons. The lowest BCUT2D eigenvalue weighted by Crippen LogP contribution is -2.34. The minimum atomic E-state index is -0.0849. The van der Waals surface area contributed by atoms with Gasteiger partial charge in [0.1, 0.15) is 5.75 Å². The number of carbonyl (C=O) groups excluding carboxylic acids is 1. The van der Waals surface area contributed by atoms with E-state index in [0.717, 1.165) is 11.1 Å². The van der Waals surface area contributed by atoms with Crippen LogP contribution in [0.1, 0.15) is 6.42 Å². The van der Waals surface area contributed by atoms with Crippen molar-refractivity contribution in [1.82, 2.24) is 10.9 Å². The van der Waals surface area contributed by atoms with Gasteiger partial charge in [0.25, 0.3) is 0 Å². The van der Waals surface area contributed by atoms with Gasteiger partial charge in [-0.2, -0.15) is 0 Å². The number of amides is 1. The second kappa shape index (κ2) is 6.02. The second-order valence-electron chi connectivity index (χ2n) is 3.91. The van der Waals surface area contributed by atoms with Crippen LogP contribution in [0, 0.1) is 0 Å². The Labute approximate surface area is 106 Å². The molecule has 18 heavy (non-hydrogen) atoms. The molecule has 4 heteroatoms. The summed E-state index contributed by atoms with van der Waals surface area (Å²) in [5, 5.41) is 2.31. The predicted molar refractivity (Wildman–Crippen MR) is 71.3 cm³/mol. The number of nitrogens with one attached hydrogen (secondary N) is 2. The summed E-state index contributed by atoms with van der Waals surface area (Å²) in [6.45, 7) is 0.367. The number of hydrazine groups is 1. The molecule has 0 heterocycles. The summed E-state index contributed by atoms with van der Waals surface area (Å²) < 4.78 is 5.54. The maximum absolute atomic E-state index is 11.2. The van der Waals surface area contributed by atoms with Gasteiger partial charge in [0.05, 0.1) is 13.0 Å². The lowest BCUT2D eigenvalue weighted by Gasteiger charge is -2.07. The first kappa shape index (κ1) is 12.4. The molecule has 0 aromatic heterocycles. The molecule has 0 unspecified atom stereocenters. The van der Waals surface area contributed by atoms with Crippen LogP contribution in [0.2, 0.25) is 0 Å². The number of hydrogen-bond acceptors (Lipinski definition) is 3. The van der Waals surface area contributed by atoms with E-state index < -0.39 is 0 Å². The highest BCUT2D eigenvalue weighted by Gasteiger charge is 2.01. The van der Waals surface area contributed by atoms with Gasteiger partial charge >= 0.3 is 0 Å². The summed E-state index contributed by atoms with van der Waals surface area (Å²) >= 11 is 0. The highest BCUT2D eigenvalue weighted by Crippen LogP contribution is 2.20. The fourth-order valence-electron chi connectivity index (χ4n) is 1.72. The average Bonchev–Trinajstić information content (AvgIpc) is 2.39. The Balaban J connectivity index is 1.93. The summed E-state index contributed by atoms with van der Waals surface area (Å²) in [6, 6.07) is 14.0. The molecule has 0 aliphatic rings. The third-order valence-electron chi connectivity index (χ3n) is 2.58. The molecule has 0 spiro atoms. The van der Waals surface area contributed by atoms with Crippen LogP contribution in [-0.4, -0.2) is 19.6 Å². The van der Waals surface area contributed by atoms with E-state index in [1.165, 1.54) is 5.39 Å². The van der Waals surface area contributed by atoms with Gasteiger partial charge in [0.2, 0.25) is 5.91 Å². The average molecular weight is 244 g/mol. The number of carbonyl (C=O) groups is 1. The Kier molecular flexibility index (Phi) is 4.15. The maximum atomic E-state index is 11.2. The molecule has 0 saturated heterocycles. The van der Waals surface area contributed by atoms with Crippen LogP contribution in [-0.2, 0) is 4.79 Å². The van der Waals surface area contributed by atoms with Gasteiger partial charge in [-0.3, -0.25) is 10.2 Å². The molecule has 4 nitrogen and oxygen atoms in total. The summed E-state index contributed by atoms with van der Waals surface area (Å²) in [5.74, 6) is 0.698. The van der Waals surface area contributed by atoms with Crippen molar-refractivity contribution in [1.29, 1.82) is 0 Å². The summed E-state index contributed by atoms with van der Waals surface area (Å²) in [7, 11) is 1.65. The van der Waals surface area contributed by atoms with E-state index in [-0.39, 0.29) is 5.91 Å². The first-order valence-electron chi connectivity index (χ1n) is 5.87.